The fourth-order valence-electron chi connectivity index (χ4n) is 1.10. The van der Waals surface area contributed by atoms with Gasteiger partial charge in [-0.25, -0.2) is 8.42 Å². The number of nitrogens with zero attached hydrogens (tertiary/aromatic N) is 1. The molecule has 1 N–H and O–H groups in total. The van der Waals surface area contributed by atoms with Crippen LogP contribution in [-0.2, 0) is 9.05 Å². The molecule has 1 fully saturated rings. The Labute approximate surface area is 70.9 Å². The highest BCUT2D eigenvalue weighted by atomic mass is 35.7. The average molecular weight is 199 g/mol. The molecule has 0 amide bonds. The highest BCUT2D eigenvalue weighted by Gasteiger charge is 2.29. The molecule has 0 aromatic rings. The highest BCUT2D eigenvalue weighted by Crippen LogP contribution is 2.11. The third kappa shape index (κ3) is 2.30. The lowest BCUT2D eigenvalue weighted by molar-refractivity contribution is 0.257. The predicted octanol–water partition coefficient (Wildman–Crippen LogP) is -0.584. The van der Waals surface area contributed by atoms with Crippen LogP contribution in [-0.4, -0.2) is 45.4 Å². The molecule has 1 unspecified atom stereocenters. The SMILES string of the molecule is CN1CCNCC1S(=O)(=O)Cl. The van der Waals surface area contributed by atoms with E-state index in [1.54, 1.807) is 11.9 Å². The van der Waals surface area contributed by atoms with Gasteiger partial charge in [0.25, 0.3) is 0 Å². The second-order valence-corrected chi connectivity index (χ2v) is 5.40. The summed E-state index contributed by atoms with van der Waals surface area (Å²) in [5.74, 6) is 0. The number of likely N-dealkylation sites (N-methyl/N-ethyl adjacent to an activating group) is 1. The molecular weight excluding hydrogens is 188 g/mol. The van der Waals surface area contributed by atoms with Crippen LogP contribution >= 0.6 is 10.7 Å². The summed E-state index contributed by atoms with van der Waals surface area (Å²) in [5.41, 5.74) is 0. The lowest BCUT2D eigenvalue weighted by Gasteiger charge is -2.30. The lowest BCUT2D eigenvalue weighted by atomic mass is 10.4. The Bertz CT molecular complexity index is 229. The molecule has 4 nitrogen and oxygen atoms in total. The van der Waals surface area contributed by atoms with Crippen LogP contribution in [0.1, 0.15) is 0 Å². The normalized spacial score (nSPS) is 28.7. The first kappa shape index (κ1) is 9.25. The summed E-state index contributed by atoms with van der Waals surface area (Å²) in [6.07, 6.45) is 0. The Morgan fingerprint density at radius 2 is 2.27 bits per heavy atom. The molecule has 1 aliphatic rings. The van der Waals surface area contributed by atoms with Crippen molar-refractivity contribution in [2.45, 2.75) is 5.37 Å². The van der Waals surface area contributed by atoms with Crippen molar-refractivity contribution in [3.63, 3.8) is 0 Å². The molecule has 1 heterocycles. The van der Waals surface area contributed by atoms with Crippen molar-refractivity contribution >= 4 is 19.7 Å². The standard InChI is InChI=1S/C5H11ClN2O2S/c1-8-3-2-7-4-5(8)11(6,9)10/h5,7H,2-4H2,1H3. The van der Waals surface area contributed by atoms with Crippen molar-refractivity contribution in [2.24, 2.45) is 0 Å². The van der Waals surface area contributed by atoms with E-state index < -0.39 is 14.4 Å². The largest absolute Gasteiger partial charge is 0.313 e. The maximum Gasteiger partial charge on any atom is 0.250 e. The molecule has 6 heteroatoms. The molecule has 0 aromatic heterocycles. The molecular formula is C5H11ClN2O2S. The van der Waals surface area contributed by atoms with Crippen molar-refractivity contribution in [1.82, 2.24) is 10.2 Å². The number of nitrogens with one attached hydrogen (secondary N) is 1. The number of hydrogen-bond donors (Lipinski definition) is 1. The van der Waals surface area contributed by atoms with Gasteiger partial charge in [-0.1, -0.05) is 0 Å². The van der Waals surface area contributed by atoms with Crippen LogP contribution < -0.4 is 5.32 Å². The smallest absolute Gasteiger partial charge is 0.250 e. The summed E-state index contributed by atoms with van der Waals surface area (Å²) < 4.78 is 21.8. The van der Waals surface area contributed by atoms with Crippen molar-refractivity contribution in [2.75, 3.05) is 26.7 Å². The van der Waals surface area contributed by atoms with Crippen LogP contribution in [0.4, 0.5) is 0 Å². The van der Waals surface area contributed by atoms with Crippen LogP contribution in [0.3, 0.4) is 0 Å². The minimum Gasteiger partial charge on any atom is -0.313 e. The van der Waals surface area contributed by atoms with Gasteiger partial charge in [0.1, 0.15) is 5.37 Å². The number of halogens is 1. The van der Waals surface area contributed by atoms with Gasteiger partial charge in [0, 0.05) is 30.3 Å². The van der Waals surface area contributed by atoms with E-state index in [-0.39, 0.29) is 0 Å². The van der Waals surface area contributed by atoms with Gasteiger partial charge in [0.2, 0.25) is 9.05 Å². The second kappa shape index (κ2) is 3.26. The van der Waals surface area contributed by atoms with E-state index in [0.29, 0.717) is 6.54 Å². The molecule has 0 aliphatic carbocycles. The van der Waals surface area contributed by atoms with Gasteiger partial charge < -0.3 is 5.32 Å². The highest BCUT2D eigenvalue weighted by molar-refractivity contribution is 8.14. The average Bonchev–Trinajstić information content (AvgIpc) is 1.86. The first-order valence-electron chi connectivity index (χ1n) is 3.36. The van der Waals surface area contributed by atoms with Crippen LogP contribution in [0.2, 0.25) is 0 Å². The molecule has 0 aromatic carbocycles. The van der Waals surface area contributed by atoms with Crippen LogP contribution in [0.5, 0.6) is 0 Å². The van der Waals surface area contributed by atoms with E-state index in [1.165, 1.54) is 0 Å². The van der Waals surface area contributed by atoms with Crippen LogP contribution in [0, 0.1) is 0 Å². The zero-order chi connectivity index (χ0) is 8.48. The summed E-state index contributed by atoms with van der Waals surface area (Å²) in [6.45, 7) is 1.96. The third-order valence-electron chi connectivity index (χ3n) is 1.78. The van der Waals surface area contributed by atoms with E-state index in [4.69, 9.17) is 10.7 Å². The molecule has 0 bridgehead atoms. The molecule has 1 rings (SSSR count). The number of rotatable bonds is 1. The molecule has 0 saturated carbocycles. The zero-order valence-electron chi connectivity index (χ0n) is 6.25. The van der Waals surface area contributed by atoms with E-state index >= 15 is 0 Å². The monoisotopic (exact) mass is 198 g/mol. The molecule has 1 atom stereocenters. The van der Waals surface area contributed by atoms with Gasteiger partial charge in [0.05, 0.1) is 0 Å². The fraction of sp³-hybridized carbons (Fsp3) is 1.00. The maximum atomic E-state index is 10.9. The van der Waals surface area contributed by atoms with Crippen molar-refractivity contribution < 1.29 is 8.42 Å². The van der Waals surface area contributed by atoms with E-state index in [0.717, 1.165) is 13.1 Å². The second-order valence-electron chi connectivity index (χ2n) is 2.61. The number of piperazine rings is 1. The minimum absolute atomic E-state index is 0.419. The van der Waals surface area contributed by atoms with Crippen LogP contribution in [0.15, 0.2) is 0 Å². The summed E-state index contributed by atoms with van der Waals surface area (Å²) in [7, 11) is 3.51. The molecule has 1 saturated heterocycles. The molecule has 66 valence electrons. The van der Waals surface area contributed by atoms with Gasteiger partial charge >= 0.3 is 0 Å². The molecule has 0 radical (unpaired) electrons. The van der Waals surface area contributed by atoms with Crippen molar-refractivity contribution in [3.05, 3.63) is 0 Å². The van der Waals surface area contributed by atoms with Crippen LogP contribution in [0.25, 0.3) is 0 Å². The zero-order valence-corrected chi connectivity index (χ0v) is 7.82. The summed E-state index contributed by atoms with van der Waals surface area (Å²) in [4.78, 5) is 1.73. The first-order valence-corrected chi connectivity index (χ1v) is 5.73. The van der Waals surface area contributed by atoms with Crippen molar-refractivity contribution in [3.8, 4) is 0 Å². The Hall–Kier alpha value is 0.160. The summed E-state index contributed by atoms with van der Waals surface area (Å²) in [5, 5.41) is 2.40. The van der Waals surface area contributed by atoms with Gasteiger partial charge in [-0.15, -0.1) is 0 Å². The third-order valence-corrected chi connectivity index (χ3v) is 3.57. The molecule has 1 aliphatic heterocycles. The minimum atomic E-state index is -3.44. The Morgan fingerprint density at radius 1 is 1.64 bits per heavy atom. The lowest BCUT2D eigenvalue weighted by Crippen LogP contribution is -2.51. The van der Waals surface area contributed by atoms with E-state index in [1.807, 2.05) is 0 Å². The fourth-order valence-corrected chi connectivity index (χ4v) is 2.54. The van der Waals surface area contributed by atoms with Gasteiger partial charge in [-0.05, 0) is 7.05 Å². The van der Waals surface area contributed by atoms with Gasteiger partial charge in [-0.2, -0.15) is 0 Å². The van der Waals surface area contributed by atoms with Gasteiger partial charge in [-0.3, -0.25) is 4.90 Å². The van der Waals surface area contributed by atoms with Crippen molar-refractivity contribution in [1.29, 1.82) is 0 Å². The quantitative estimate of drug-likeness (QED) is 0.573. The Kier molecular flexibility index (Phi) is 2.74. The first-order chi connectivity index (χ1) is 5.02. The molecule has 11 heavy (non-hydrogen) atoms. The van der Waals surface area contributed by atoms with Gasteiger partial charge in [0.15, 0.2) is 0 Å². The molecule has 0 spiro atoms. The topological polar surface area (TPSA) is 49.4 Å². The van der Waals surface area contributed by atoms with E-state index in [9.17, 15) is 8.42 Å². The predicted molar refractivity (Wildman–Crippen MR) is 44.1 cm³/mol. The Morgan fingerprint density at radius 3 is 2.64 bits per heavy atom. The summed E-state index contributed by atoms with van der Waals surface area (Å²) >= 11 is 0. The van der Waals surface area contributed by atoms with E-state index in [2.05, 4.69) is 5.32 Å². The maximum absolute atomic E-state index is 10.9. The summed E-state index contributed by atoms with van der Waals surface area (Å²) in [6, 6.07) is 0. The Balaban J connectivity index is 2.70. The number of hydrogen-bond acceptors (Lipinski definition) is 4.